The molecule has 7 nitrogen and oxygen atoms in total. The van der Waals surface area contributed by atoms with E-state index in [-0.39, 0.29) is 18.2 Å². The molecule has 1 aliphatic heterocycles. The lowest BCUT2D eigenvalue weighted by atomic mass is 9.98. The summed E-state index contributed by atoms with van der Waals surface area (Å²) in [4.78, 5) is 37.4. The van der Waals surface area contributed by atoms with Crippen LogP contribution < -0.4 is 10.1 Å². The maximum absolute atomic E-state index is 12.8. The Morgan fingerprint density at radius 1 is 1.31 bits per heavy atom. The van der Waals surface area contributed by atoms with Gasteiger partial charge in [0, 0.05) is 19.0 Å². The van der Waals surface area contributed by atoms with Crippen LogP contribution in [0.1, 0.15) is 51.1 Å². The fraction of sp³-hybridized carbons (Fsp3) is 0.526. The molecule has 0 saturated carbocycles. The molecule has 1 saturated heterocycles. The number of carboxylic acid groups (broad SMARTS) is 1. The third-order valence-electron chi connectivity index (χ3n) is 4.46. The first-order valence-corrected chi connectivity index (χ1v) is 8.95. The van der Waals surface area contributed by atoms with Crippen molar-refractivity contribution in [2.45, 2.75) is 51.6 Å². The van der Waals surface area contributed by atoms with E-state index in [1.165, 1.54) is 11.8 Å². The van der Waals surface area contributed by atoms with Gasteiger partial charge >= 0.3 is 5.97 Å². The molecule has 142 valence electrons. The van der Waals surface area contributed by atoms with E-state index in [2.05, 4.69) is 5.32 Å². The number of ether oxygens (including phenoxy) is 1. The van der Waals surface area contributed by atoms with Crippen molar-refractivity contribution in [1.29, 1.82) is 0 Å². The van der Waals surface area contributed by atoms with E-state index in [0.717, 1.165) is 12.8 Å². The molecule has 1 fully saturated rings. The van der Waals surface area contributed by atoms with Crippen molar-refractivity contribution in [3.05, 3.63) is 29.8 Å². The van der Waals surface area contributed by atoms with Gasteiger partial charge in [0.1, 0.15) is 11.8 Å². The summed E-state index contributed by atoms with van der Waals surface area (Å²) >= 11 is 0. The lowest BCUT2D eigenvalue weighted by molar-refractivity contribution is -0.152. The molecule has 1 aromatic rings. The number of rotatable bonds is 7. The molecular formula is C19H26N2O5. The van der Waals surface area contributed by atoms with Crippen LogP contribution in [0.4, 0.5) is 0 Å². The van der Waals surface area contributed by atoms with E-state index in [0.29, 0.717) is 30.9 Å². The van der Waals surface area contributed by atoms with Crippen molar-refractivity contribution in [3.8, 4) is 5.75 Å². The van der Waals surface area contributed by atoms with Gasteiger partial charge in [0.2, 0.25) is 11.8 Å². The minimum atomic E-state index is -0.983. The van der Waals surface area contributed by atoms with Crippen molar-refractivity contribution >= 4 is 17.8 Å². The van der Waals surface area contributed by atoms with Gasteiger partial charge in [0.05, 0.1) is 19.1 Å². The monoisotopic (exact) mass is 362 g/mol. The molecule has 2 atom stereocenters. The first kappa shape index (κ1) is 19.8. The van der Waals surface area contributed by atoms with Gasteiger partial charge in [-0.25, -0.2) is 4.79 Å². The number of carbonyl (C=O) groups is 3. The predicted molar refractivity (Wildman–Crippen MR) is 95.8 cm³/mol. The SMILES string of the molecule is CCOc1ccccc1C(CC(=O)N1CCCCC1C(=O)O)NC(C)=O. The van der Waals surface area contributed by atoms with Gasteiger partial charge in [-0.3, -0.25) is 9.59 Å². The van der Waals surface area contributed by atoms with Crippen molar-refractivity contribution < 1.29 is 24.2 Å². The van der Waals surface area contributed by atoms with Crippen LogP contribution in [-0.2, 0) is 14.4 Å². The molecule has 7 heteroatoms. The number of nitrogens with zero attached hydrogens (tertiary/aromatic N) is 1. The molecular weight excluding hydrogens is 336 g/mol. The molecule has 0 aromatic heterocycles. The topological polar surface area (TPSA) is 95.9 Å². The molecule has 2 amide bonds. The zero-order valence-corrected chi connectivity index (χ0v) is 15.2. The summed E-state index contributed by atoms with van der Waals surface area (Å²) in [5.41, 5.74) is 0.710. The number of aliphatic carboxylic acids is 1. The minimum Gasteiger partial charge on any atom is -0.494 e. The van der Waals surface area contributed by atoms with Gasteiger partial charge in [-0.2, -0.15) is 0 Å². The van der Waals surface area contributed by atoms with Crippen LogP contribution in [0.3, 0.4) is 0 Å². The highest BCUT2D eigenvalue weighted by atomic mass is 16.5. The fourth-order valence-corrected chi connectivity index (χ4v) is 3.32. The van der Waals surface area contributed by atoms with Crippen LogP contribution in [0.25, 0.3) is 0 Å². The number of piperidine rings is 1. The van der Waals surface area contributed by atoms with Gasteiger partial charge in [0.15, 0.2) is 0 Å². The summed E-state index contributed by atoms with van der Waals surface area (Å²) in [6, 6.07) is 5.88. The quantitative estimate of drug-likeness (QED) is 0.774. The second-order valence-electron chi connectivity index (χ2n) is 6.37. The lowest BCUT2D eigenvalue weighted by Crippen LogP contribution is -2.48. The number of carboxylic acids is 1. The highest BCUT2D eigenvalue weighted by molar-refractivity contribution is 5.85. The number of carbonyl (C=O) groups excluding carboxylic acids is 2. The van der Waals surface area contributed by atoms with E-state index in [1.807, 2.05) is 25.1 Å². The standard InChI is InChI=1S/C19H26N2O5/c1-3-26-17-10-5-4-8-14(17)15(20-13(2)22)12-18(23)21-11-7-6-9-16(21)19(24)25/h4-5,8,10,15-16H,3,6-7,9,11-12H2,1-2H3,(H,20,22)(H,24,25). The molecule has 2 rings (SSSR count). The molecule has 1 aromatic carbocycles. The van der Waals surface area contributed by atoms with Crippen LogP contribution in [0.5, 0.6) is 5.75 Å². The molecule has 1 aliphatic rings. The van der Waals surface area contributed by atoms with Crippen LogP contribution in [0, 0.1) is 0 Å². The maximum atomic E-state index is 12.8. The molecule has 0 spiro atoms. The van der Waals surface area contributed by atoms with Gasteiger partial charge in [-0.1, -0.05) is 18.2 Å². The summed E-state index contributed by atoms with van der Waals surface area (Å²) < 4.78 is 5.62. The number of hydrogen-bond acceptors (Lipinski definition) is 4. The Bertz CT molecular complexity index is 661. The first-order chi connectivity index (χ1) is 12.4. The second-order valence-corrected chi connectivity index (χ2v) is 6.37. The first-order valence-electron chi connectivity index (χ1n) is 8.95. The van der Waals surface area contributed by atoms with Crippen LogP contribution in [-0.4, -0.2) is 47.0 Å². The second kappa shape index (κ2) is 9.22. The van der Waals surface area contributed by atoms with Gasteiger partial charge in [-0.15, -0.1) is 0 Å². The normalized spacial score (nSPS) is 18.1. The van der Waals surface area contributed by atoms with Crippen molar-refractivity contribution in [3.63, 3.8) is 0 Å². The van der Waals surface area contributed by atoms with Gasteiger partial charge in [0.25, 0.3) is 0 Å². The number of benzene rings is 1. The van der Waals surface area contributed by atoms with E-state index >= 15 is 0 Å². The number of amides is 2. The number of likely N-dealkylation sites (tertiary alicyclic amines) is 1. The van der Waals surface area contributed by atoms with Crippen LogP contribution in [0.15, 0.2) is 24.3 Å². The Labute approximate surface area is 153 Å². The largest absolute Gasteiger partial charge is 0.494 e. The Morgan fingerprint density at radius 2 is 2.04 bits per heavy atom. The fourth-order valence-electron chi connectivity index (χ4n) is 3.32. The van der Waals surface area contributed by atoms with Gasteiger partial charge in [-0.05, 0) is 32.3 Å². The van der Waals surface area contributed by atoms with E-state index in [9.17, 15) is 19.5 Å². The minimum absolute atomic E-state index is 0.00650. The zero-order chi connectivity index (χ0) is 19.1. The molecule has 0 radical (unpaired) electrons. The van der Waals surface area contributed by atoms with E-state index in [4.69, 9.17) is 4.74 Å². The molecule has 0 aliphatic carbocycles. The molecule has 0 bridgehead atoms. The maximum Gasteiger partial charge on any atom is 0.326 e. The third-order valence-corrected chi connectivity index (χ3v) is 4.46. The smallest absolute Gasteiger partial charge is 0.326 e. The number of nitrogens with one attached hydrogen (secondary N) is 1. The molecule has 2 unspecified atom stereocenters. The van der Waals surface area contributed by atoms with Crippen LogP contribution in [0.2, 0.25) is 0 Å². The summed E-state index contributed by atoms with van der Waals surface area (Å²) in [6.07, 6.45) is 2.04. The van der Waals surface area contributed by atoms with Crippen molar-refractivity contribution in [2.75, 3.05) is 13.2 Å². The highest BCUT2D eigenvalue weighted by Crippen LogP contribution is 2.29. The van der Waals surface area contributed by atoms with Crippen molar-refractivity contribution in [2.24, 2.45) is 0 Å². The van der Waals surface area contributed by atoms with Crippen molar-refractivity contribution in [1.82, 2.24) is 10.2 Å². The summed E-state index contributed by atoms with van der Waals surface area (Å²) in [5, 5.41) is 12.2. The molecule has 2 N–H and O–H groups in total. The zero-order valence-electron chi connectivity index (χ0n) is 15.2. The molecule has 26 heavy (non-hydrogen) atoms. The predicted octanol–water partition coefficient (Wildman–Crippen LogP) is 2.12. The Hall–Kier alpha value is -2.57. The Morgan fingerprint density at radius 3 is 2.69 bits per heavy atom. The molecule has 1 heterocycles. The van der Waals surface area contributed by atoms with E-state index < -0.39 is 18.1 Å². The third kappa shape index (κ3) is 4.97. The average Bonchev–Trinajstić information content (AvgIpc) is 2.61. The van der Waals surface area contributed by atoms with Gasteiger partial charge < -0.3 is 20.1 Å². The number of hydrogen-bond donors (Lipinski definition) is 2. The summed E-state index contributed by atoms with van der Waals surface area (Å²) in [7, 11) is 0. The Balaban J connectivity index is 2.23. The summed E-state index contributed by atoms with van der Waals surface area (Å²) in [6.45, 7) is 4.14. The lowest BCUT2D eigenvalue weighted by Gasteiger charge is -2.34. The van der Waals surface area contributed by atoms with Crippen LogP contribution >= 0.6 is 0 Å². The highest BCUT2D eigenvalue weighted by Gasteiger charge is 2.33. The number of para-hydroxylation sites is 1. The van der Waals surface area contributed by atoms with E-state index in [1.54, 1.807) is 6.07 Å². The summed E-state index contributed by atoms with van der Waals surface area (Å²) in [5.74, 6) is -0.913. The average molecular weight is 362 g/mol. The Kier molecular flexibility index (Phi) is 7.00.